The third kappa shape index (κ3) is 4.35. The molecule has 0 radical (unpaired) electrons. The summed E-state index contributed by atoms with van der Waals surface area (Å²) in [5.74, 6) is -0.0862. The van der Waals surface area contributed by atoms with Gasteiger partial charge in [-0.1, -0.05) is 23.2 Å². The summed E-state index contributed by atoms with van der Waals surface area (Å²) in [6.07, 6.45) is 1.81. The van der Waals surface area contributed by atoms with E-state index in [1.54, 1.807) is 29.5 Å². The van der Waals surface area contributed by atoms with E-state index in [2.05, 4.69) is 20.1 Å². The molecule has 1 saturated heterocycles. The number of hydrogen-bond acceptors (Lipinski definition) is 5. The van der Waals surface area contributed by atoms with Crippen molar-refractivity contribution in [3.63, 3.8) is 0 Å². The first kappa shape index (κ1) is 16.5. The second-order valence-corrected chi connectivity index (χ2v) is 6.97. The number of rotatable bonds is 4. The van der Waals surface area contributed by atoms with E-state index in [0.29, 0.717) is 22.3 Å². The molecule has 0 saturated carbocycles. The van der Waals surface area contributed by atoms with Gasteiger partial charge in [0.25, 0.3) is 0 Å². The Morgan fingerprint density at radius 1 is 1.26 bits per heavy atom. The average Bonchev–Trinajstić information content (AvgIpc) is 3.06. The Morgan fingerprint density at radius 3 is 2.74 bits per heavy atom. The fourth-order valence-electron chi connectivity index (χ4n) is 2.46. The van der Waals surface area contributed by atoms with Crippen LogP contribution < -0.4 is 10.2 Å². The lowest BCUT2D eigenvalue weighted by molar-refractivity contribution is -0.117. The van der Waals surface area contributed by atoms with E-state index in [1.165, 1.54) is 0 Å². The van der Waals surface area contributed by atoms with E-state index >= 15 is 0 Å². The Kier molecular flexibility index (Phi) is 5.38. The predicted octanol–water partition coefficient (Wildman–Crippen LogP) is 3.21. The number of nitrogens with one attached hydrogen (secondary N) is 1. The molecule has 3 rings (SSSR count). The molecule has 2 aromatic rings. The molecule has 1 N–H and O–H groups in total. The Labute approximate surface area is 148 Å². The first-order valence-corrected chi connectivity index (χ1v) is 8.87. The smallest absolute Gasteiger partial charge is 0.238 e. The van der Waals surface area contributed by atoms with Gasteiger partial charge in [-0.3, -0.25) is 9.69 Å². The van der Waals surface area contributed by atoms with Crippen molar-refractivity contribution < 1.29 is 4.79 Å². The number of carbonyl (C=O) groups is 1. The van der Waals surface area contributed by atoms with Gasteiger partial charge < -0.3 is 10.2 Å². The quantitative estimate of drug-likeness (QED) is 0.897. The predicted molar refractivity (Wildman–Crippen MR) is 95.9 cm³/mol. The molecule has 1 amide bonds. The molecule has 1 aliphatic rings. The molecule has 5 nitrogen and oxygen atoms in total. The SMILES string of the molecule is O=C(CN1CCN(c2nccs2)CC1)Nc1cc(Cl)ccc1Cl. The molecule has 1 aromatic carbocycles. The number of halogens is 2. The lowest BCUT2D eigenvalue weighted by Gasteiger charge is -2.34. The molecule has 8 heteroatoms. The normalized spacial score (nSPS) is 15.7. The van der Waals surface area contributed by atoms with Crippen molar-refractivity contribution in [3.8, 4) is 0 Å². The van der Waals surface area contributed by atoms with E-state index in [9.17, 15) is 4.79 Å². The number of hydrogen-bond donors (Lipinski definition) is 1. The summed E-state index contributed by atoms with van der Waals surface area (Å²) in [5, 5.41) is 6.86. The minimum absolute atomic E-state index is 0.0862. The summed E-state index contributed by atoms with van der Waals surface area (Å²) in [6.45, 7) is 3.75. The highest BCUT2D eigenvalue weighted by Crippen LogP contribution is 2.25. The largest absolute Gasteiger partial charge is 0.346 e. The highest BCUT2D eigenvalue weighted by atomic mass is 35.5. The number of anilines is 2. The lowest BCUT2D eigenvalue weighted by Crippen LogP contribution is -2.48. The number of benzene rings is 1. The second kappa shape index (κ2) is 7.49. The average molecular weight is 371 g/mol. The number of thiazole rings is 1. The van der Waals surface area contributed by atoms with Crippen LogP contribution in [0.25, 0.3) is 0 Å². The Morgan fingerprint density at radius 2 is 2.04 bits per heavy atom. The van der Waals surface area contributed by atoms with Gasteiger partial charge in [-0.15, -0.1) is 11.3 Å². The summed E-state index contributed by atoms with van der Waals surface area (Å²) >= 11 is 13.6. The molecule has 1 aliphatic heterocycles. The van der Waals surface area contributed by atoms with Crippen molar-refractivity contribution in [2.45, 2.75) is 0 Å². The van der Waals surface area contributed by atoms with Gasteiger partial charge in [-0.2, -0.15) is 0 Å². The van der Waals surface area contributed by atoms with Crippen LogP contribution in [0.15, 0.2) is 29.8 Å². The van der Waals surface area contributed by atoms with E-state index in [-0.39, 0.29) is 5.91 Å². The van der Waals surface area contributed by atoms with E-state index < -0.39 is 0 Å². The maximum absolute atomic E-state index is 12.2. The Balaban J connectivity index is 1.50. The standard InChI is InChI=1S/C15H16Cl2N4OS/c16-11-1-2-12(17)13(9-11)19-14(22)10-20-4-6-21(7-5-20)15-18-3-8-23-15/h1-3,8-9H,4-7,10H2,(H,19,22). The molecule has 0 spiro atoms. The first-order chi connectivity index (χ1) is 11.1. The van der Waals surface area contributed by atoms with Crippen molar-refractivity contribution in [3.05, 3.63) is 39.8 Å². The third-order valence-electron chi connectivity index (χ3n) is 3.63. The van der Waals surface area contributed by atoms with Crippen LogP contribution >= 0.6 is 34.5 Å². The summed E-state index contributed by atoms with van der Waals surface area (Å²) in [4.78, 5) is 20.9. The maximum atomic E-state index is 12.2. The molecule has 0 unspecified atom stereocenters. The molecule has 0 bridgehead atoms. The monoisotopic (exact) mass is 370 g/mol. The number of carbonyl (C=O) groups excluding carboxylic acids is 1. The molecule has 1 aromatic heterocycles. The van der Waals surface area contributed by atoms with Crippen molar-refractivity contribution >= 4 is 51.3 Å². The number of piperazine rings is 1. The zero-order valence-electron chi connectivity index (χ0n) is 12.3. The zero-order valence-corrected chi connectivity index (χ0v) is 14.7. The van der Waals surface area contributed by atoms with Crippen molar-refractivity contribution in [1.29, 1.82) is 0 Å². The molecule has 23 heavy (non-hydrogen) atoms. The minimum Gasteiger partial charge on any atom is -0.346 e. The van der Waals surface area contributed by atoms with Gasteiger partial charge in [0.1, 0.15) is 0 Å². The van der Waals surface area contributed by atoms with Crippen molar-refractivity contribution in [2.24, 2.45) is 0 Å². The van der Waals surface area contributed by atoms with Crippen LogP contribution in [0.3, 0.4) is 0 Å². The number of nitrogens with zero attached hydrogens (tertiary/aromatic N) is 3. The highest BCUT2D eigenvalue weighted by Gasteiger charge is 2.20. The molecule has 1 fully saturated rings. The lowest BCUT2D eigenvalue weighted by atomic mass is 10.3. The van der Waals surface area contributed by atoms with Gasteiger partial charge in [-0.05, 0) is 18.2 Å². The van der Waals surface area contributed by atoms with Gasteiger partial charge in [0, 0.05) is 42.8 Å². The molecule has 2 heterocycles. The van der Waals surface area contributed by atoms with Crippen LogP contribution in [-0.4, -0.2) is 48.5 Å². The molecule has 0 aliphatic carbocycles. The summed E-state index contributed by atoms with van der Waals surface area (Å²) in [5.41, 5.74) is 0.547. The van der Waals surface area contributed by atoms with Crippen LogP contribution in [0.5, 0.6) is 0 Å². The van der Waals surface area contributed by atoms with Gasteiger partial charge in [-0.25, -0.2) is 4.98 Å². The van der Waals surface area contributed by atoms with E-state index in [4.69, 9.17) is 23.2 Å². The fraction of sp³-hybridized carbons (Fsp3) is 0.333. The molecule has 0 atom stereocenters. The zero-order chi connectivity index (χ0) is 16.2. The van der Waals surface area contributed by atoms with E-state index in [0.717, 1.165) is 31.3 Å². The topological polar surface area (TPSA) is 48.5 Å². The van der Waals surface area contributed by atoms with Crippen LogP contribution in [0.2, 0.25) is 10.0 Å². The first-order valence-electron chi connectivity index (χ1n) is 7.23. The minimum atomic E-state index is -0.0862. The van der Waals surface area contributed by atoms with Crippen molar-refractivity contribution in [1.82, 2.24) is 9.88 Å². The summed E-state index contributed by atoms with van der Waals surface area (Å²) in [7, 11) is 0. The molecular formula is C15H16Cl2N4OS. The van der Waals surface area contributed by atoms with Gasteiger partial charge in [0.05, 0.1) is 17.3 Å². The van der Waals surface area contributed by atoms with Crippen LogP contribution in [-0.2, 0) is 4.79 Å². The highest BCUT2D eigenvalue weighted by molar-refractivity contribution is 7.13. The molecular weight excluding hydrogens is 355 g/mol. The maximum Gasteiger partial charge on any atom is 0.238 e. The fourth-order valence-corrected chi connectivity index (χ4v) is 3.49. The van der Waals surface area contributed by atoms with Gasteiger partial charge >= 0.3 is 0 Å². The second-order valence-electron chi connectivity index (χ2n) is 5.25. The number of amides is 1. The third-order valence-corrected chi connectivity index (χ3v) is 5.03. The van der Waals surface area contributed by atoms with Crippen LogP contribution in [0, 0.1) is 0 Å². The Hall–Kier alpha value is -1.34. The summed E-state index contributed by atoms with van der Waals surface area (Å²) in [6, 6.07) is 5.02. The number of aromatic nitrogens is 1. The van der Waals surface area contributed by atoms with E-state index in [1.807, 2.05) is 11.6 Å². The van der Waals surface area contributed by atoms with Crippen LogP contribution in [0.4, 0.5) is 10.8 Å². The van der Waals surface area contributed by atoms with Gasteiger partial charge in [0.2, 0.25) is 5.91 Å². The Bertz CT molecular complexity index is 672. The van der Waals surface area contributed by atoms with Crippen molar-refractivity contribution in [2.75, 3.05) is 42.9 Å². The van der Waals surface area contributed by atoms with Gasteiger partial charge in [0.15, 0.2) is 5.13 Å². The summed E-state index contributed by atoms with van der Waals surface area (Å²) < 4.78 is 0. The molecule has 122 valence electrons. The van der Waals surface area contributed by atoms with Crippen LogP contribution in [0.1, 0.15) is 0 Å².